The zero-order chi connectivity index (χ0) is 28.2. The van der Waals surface area contributed by atoms with E-state index < -0.39 is 11.7 Å². The predicted octanol–water partition coefficient (Wildman–Crippen LogP) is 10.1. The summed E-state index contributed by atoms with van der Waals surface area (Å²) in [6, 6.07) is 19.8. The quantitative estimate of drug-likeness (QED) is 0.144. The summed E-state index contributed by atoms with van der Waals surface area (Å²) in [5, 5.41) is 3.09. The van der Waals surface area contributed by atoms with Crippen molar-refractivity contribution in [2.24, 2.45) is 0 Å². The smallest absolute Gasteiger partial charge is 0.408 e. The maximum Gasteiger partial charge on any atom is 0.408 e. The van der Waals surface area contributed by atoms with Crippen LogP contribution in [0.5, 0.6) is 0 Å². The third kappa shape index (κ3) is 15.6. The van der Waals surface area contributed by atoms with E-state index in [1.807, 2.05) is 69.3 Å². The second kappa shape index (κ2) is 19.5. The average molecular weight is 536 g/mol. The molecule has 0 unspecified atom stereocenters. The van der Waals surface area contributed by atoms with Crippen LogP contribution < -0.4 is 5.32 Å². The van der Waals surface area contributed by atoms with Gasteiger partial charge in [0.05, 0.1) is 12.6 Å². The van der Waals surface area contributed by atoms with Crippen LogP contribution in [0.25, 0.3) is 0 Å². The van der Waals surface area contributed by atoms with Gasteiger partial charge >= 0.3 is 6.09 Å². The zero-order valence-electron chi connectivity index (χ0n) is 25.0. The standard InChI is InChI=1S/C35H53NO3/c1-5-6-7-8-9-10-11-12-13-14-15-16-23-28-32(38-29-30-24-19-17-20-25-30)33(31-26-21-18-22-27-31)36-34(37)39-35(2,3)4/h17-28,32-33H,5-16,29H2,1-4H3,(H,36,37)/b28-23-/t32-,33-/m0/s1. The van der Waals surface area contributed by atoms with E-state index in [0.29, 0.717) is 6.61 Å². The molecule has 1 amide bonds. The zero-order valence-corrected chi connectivity index (χ0v) is 25.0. The van der Waals surface area contributed by atoms with Crippen LogP contribution in [0.3, 0.4) is 0 Å². The maximum atomic E-state index is 12.8. The number of rotatable bonds is 19. The van der Waals surface area contributed by atoms with Crippen LogP contribution in [-0.2, 0) is 16.1 Å². The Hall–Kier alpha value is -2.59. The Balaban J connectivity index is 1.94. The minimum atomic E-state index is -0.573. The van der Waals surface area contributed by atoms with Crippen molar-refractivity contribution in [3.8, 4) is 0 Å². The summed E-state index contributed by atoms with van der Waals surface area (Å²) in [7, 11) is 0. The monoisotopic (exact) mass is 535 g/mol. The van der Waals surface area contributed by atoms with Crippen LogP contribution in [0.15, 0.2) is 72.8 Å². The largest absolute Gasteiger partial charge is 0.444 e. The van der Waals surface area contributed by atoms with Gasteiger partial charge in [-0.2, -0.15) is 0 Å². The molecule has 1 N–H and O–H groups in total. The number of hydrogen-bond acceptors (Lipinski definition) is 3. The molecule has 0 saturated heterocycles. The molecule has 0 bridgehead atoms. The highest BCUT2D eigenvalue weighted by Gasteiger charge is 2.26. The van der Waals surface area contributed by atoms with Gasteiger partial charge in [-0.05, 0) is 44.7 Å². The summed E-state index contributed by atoms with van der Waals surface area (Å²) in [6.07, 6.45) is 19.3. The lowest BCUT2D eigenvalue weighted by atomic mass is 10.00. The minimum absolute atomic E-state index is 0.326. The van der Waals surface area contributed by atoms with E-state index in [1.165, 1.54) is 70.6 Å². The molecule has 0 radical (unpaired) electrons. The molecule has 0 fully saturated rings. The van der Waals surface area contributed by atoms with Crippen molar-refractivity contribution in [2.45, 2.75) is 129 Å². The molecule has 2 rings (SSSR count). The maximum absolute atomic E-state index is 12.8. The van der Waals surface area contributed by atoms with E-state index in [-0.39, 0.29) is 12.1 Å². The van der Waals surface area contributed by atoms with Gasteiger partial charge in [0.15, 0.2) is 0 Å². The highest BCUT2D eigenvalue weighted by Crippen LogP contribution is 2.23. The Morgan fingerprint density at radius 3 is 1.90 bits per heavy atom. The molecule has 2 atom stereocenters. The lowest BCUT2D eigenvalue weighted by molar-refractivity contribution is 0.0259. The van der Waals surface area contributed by atoms with Crippen LogP contribution in [0.1, 0.15) is 122 Å². The lowest BCUT2D eigenvalue weighted by Crippen LogP contribution is -2.40. The number of alkyl carbamates (subject to hydrolysis) is 1. The Morgan fingerprint density at radius 1 is 0.795 bits per heavy atom. The Labute approximate surface area is 238 Å². The number of ether oxygens (including phenoxy) is 2. The summed E-state index contributed by atoms with van der Waals surface area (Å²) in [6.45, 7) is 8.37. The van der Waals surface area contributed by atoms with Crippen molar-refractivity contribution in [3.05, 3.63) is 83.9 Å². The van der Waals surface area contributed by atoms with Gasteiger partial charge in [0.1, 0.15) is 11.7 Å². The van der Waals surface area contributed by atoms with Gasteiger partial charge in [-0.1, -0.05) is 144 Å². The SMILES string of the molecule is CCCCCCCCCCCCC/C=C\[C@H](OCc1ccccc1)[C@@H](NC(=O)OC(C)(C)C)c1ccccc1. The molecule has 0 aromatic heterocycles. The van der Waals surface area contributed by atoms with Crippen molar-refractivity contribution in [2.75, 3.05) is 0 Å². The van der Waals surface area contributed by atoms with Crippen molar-refractivity contribution < 1.29 is 14.3 Å². The molecule has 39 heavy (non-hydrogen) atoms. The number of carbonyl (C=O) groups is 1. The number of nitrogens with one attached hydrogen (secondary N) is 1. The molecule has 0 heterocycles. The number of hydrogen-bond donors (Lipinski definition) is 1. The third-order valence-electron chi connectivity index (χ3n) is 6.74. The Morgan fingerprint density at radius 2 is 1.33 bits per heavy atom. The van der Waals surface area contributed by atoms with Gasteiger partial charge in [-0.15, -0.1) is 0 Å². The molecular weight excluding hydrogens is 482 g/mol. The van der Waals surface area contributed by atoms with Crippen LogP contribution >= 0.6 is 0 Å². The van der Waals surface area contributed by atoms with Crippen LogP contribution in [0.2, 0.25) is 0 Å². The van der Waals surface area contributed by atoms with Gasteiger partial charge in [0, 0.05) is 0 Å². The first-order chi connectivity index (χ1) is 18.9. The summed E-state index contributed by atoms with van der Waals surface area (Å²) in [5.41, 5.74) is 1.52. The van der Waals surface area contributed by atoms with Crippen molar-refractivity contribution in [1.29, 1.82) is 0 Å². The molecule has 0 aliphatic heterocycles. The van der Waals surface area contributed by atoms with Gasteiger partial charge in [0.25, 0.3) is 0 Å². The van der Waals surface area contributed by atoms with E-state index >= 15 is 0 Å². The average Bonchev–Trinajstić information content (AvgIpc) is 2.92. The molecule has 0 saturated carbocycles. The molecule has 216 valence electrons. The van der Waals surface area contributed by atoms with E-state index in [1.54, 1.807) is 0 Å². The molecule has 4 nitrogen and oxygen atoms in total. The molecule has 2 aromatic carbocycles. The van der Waals surface area contributed by atoms with E-state index in [2.05, 4.69) is 36.5 Å². The van der Waals surface area contributed by atoms with Crippen LogP contribution in [-0.4, -0.2) is 17.8 Å². The van der Waals surface area contributed by atoms with Gasteiger partial charge in [-0.3, -0.25) is 0 Å². The highest BCUT2D eigenvalue weighted by atomic mass is 16.6. The third-order valence-corrected chi connectivity index (χ3v) is 6.74. The first kappa shape index (κ1) is 32.6. The number of unbranched alkanes of at least 4 members (excludes halogenated alkanes) is 11. The Bertz CT molecular complexity index is 904. The number of allylic oxidation sites excluding steroid dienone is 1. The number of carbonyl (C=O) groups excluding carboxylic acids is 1. The summed E-state index contributed by atoms with van der Waals surface area (Å²) >= 11 is 0. The lowest BCUT2D eigenvalue weighted by Gasteiger charge is -2.28. The second-order valence-corrected chi connectivity index (χ2v) is 11.5. The van der Waals surface area contributed by atoms with Gasteiger partial charge < -0.3 is 14.8 Å². The Kier molecular flexibility index (Phi) is 16.3. The van der Waals surface area contributed by atoms with Crippen molar-refractivity contribution >= 4 is 6.09 Å². The molecule has 0 aliphatic carbocycles. The first-order valence-electron chi connectivity index (χ1n) is 15.3. The molecule has 4 heteroatoms. The fourth-order valence-corrected chi connectivity index (χ4v) is 4.64. The summed E-state index contributed by atoms with van der Waals surface area (Å²) in [5.74, 6) is 0. The van der Waals surface area contributed by atoms with E-state index in [4.69, 9.17) is 9.47 Å². The normalized spacial score (nSPS) is 13.3. The van der Waals surface area contributed by atoms with Crippen LogP contribution in [0, 0.1) is 0 Å². The molecule has 0 spiro atoms. The second-order valence-electron chi connectivity index (χ2n) is 11.5. The fraction of sp³-hybridized carbons (Fsp3) is 0.571. The number of amides is 1. The van der Waals surface area contributed by atoms with Gasteiger partial charge in [-0.25, -0.2) is 4.79 Å². The van der Waals surface area contributed by atoms with Crippen molar-refractivity contribution in [3.63, 3.8) is 0 Å². The molecular formula is C35H53NO3. The minimum Gasteiger partial charge on any atom is -0.444 e. The first-order valence-corrected chi connectivity index (χ1v) is 15.3. The van der Waals surface area contributed by atoms with Crippen LogP contribution in [0.4, 0.5) is 4.79 Å². The fourth-order valence-electron chi connectivity index (χ4n) is 4.64. The van der Waals surface area contributed by atoms with Gasteiger partial charge in [0.2, 0.25) is 0 Å². The van der Waals surface area contributed by atoms with E-state index in [9.17, 15) is 4.79 Å². The molecule has 2 aromatic rings. The number of benzene rings is 2. The predicted molar refractivity (Wildman–Crippen MR) is 164 cm³/mol. The summed E-state index contributed by atoms with van der Waals surface area (Å²) in [4.78, 5) is 12.8. The van der Waals surface area contributed by atoms with Crippen molar-refractivity contribution in [1.82, 2.24) is 5.32 Å². The molecule has 0 aliphatic rings. The topological polar surface area (TPSA) is 47.6 Å². The van der Waals surface area contributed by atoms with E-state index in [0.717, 1.165) is 17.5 Å². The summed E-state index contributed by atoms with van der Waals surface area (Å²) < 4.78 is 12.0. The highest BCUT2D eigenvalue weighted by molar-refractivity contribution is 5.68.